The minimum Gasteiger partial charge on any atom is -0.478 e. The molecule has 0 saturated carbocycles. The summed E-state index contributed by atoms with van der Waals surface area (Å²) in [5, 5.41) is 9.34. The first-order valence-electron chi connectivity index (χ1n) is 6.33. The summed E-state index contributed by atoms with van der Waals surface area (Å²) < 4.78 is 12.4. The Balaban J connectivity index is 1.96. The highest BCUT2D eigenvalue weighted by Crippen LogP contribution is 2.34. The summed E-state index contributed by atoms with van der Waals surface area (Å²) in [5.41, 5.74) is 2.18. The zero-order chi connectivity index (χ0) is 14.4. The number of ether oxygens (including phenoxy) is 2. The lowest BCUT2D eigenvalue weighted by molar-refractivity contribution is 0.0698. The van der Waals surface area contributed by atoms with Crippen LogP contribution in [0, 0.1) is 0 Å². The summed E-state index contributed by atoms with van der Waals surface area (Å²) in [5.74, 6) is 0.340. The number of imidazole rings is 1. The maximum atomic E-state index is 11.4. The second-order valence-electron chi connectivity index (χ2n) is 4.63. The van der Waals surface area contributed by atoms with Gasteiger partial charge in [-0.1, -0.05) is 6.07 Å². The van der Waals surface area contributed by atoms with Crippen molar-refractivity contribution in [3.05, 3.63) is 48.3 Å². The SMILES string of the molecule is O=C(O)c1cccc2ncn(-c3ccc4c(c3)OCO4)c12. The molecule has 4 rings (SSSR count). The molecule has 0 spiro atoms. The predicted octanol–water partition coefficient (Wildman–Crippen LogP) is 2.45. The van der Waals surface area contributed by atoms with Crippen molar-refractivity contribution < 1.29 is 19.4 Å². The van der Waals surface area contributed by atoms with Gasteiger partial charge in [-0.3, -0.25) is 4.57 Å². The van der Waals surface area contributed by atoms with E-state index in [1.165, 1.54) is 0 Å². The lowest BCUT2D eigenvalue weighted by atomic mass is 10.1. The van der Waals surface area contributed by atoms with Crippen molar-refractivity contribution in [1.29, 1.82) is 0 Å². The quantitative estimate of drug-likeness (QED) is 0.781. The van der Waals surface area contributed by atoms with E-state index in [1.54, 1.807) is 35.2 Å². The third-order valence-electron chi connectivity index (χ3n) is 3.43. The first kappa shape index (κ1) is 11.8. The van der Waals surface area contributed by atoms with Gasteiger partial charge in [0.05, 0.1) is 22.3 Å². The van der Waals surface area contributed by atoms with Crippen LogP contribution in [-0.2, 0) is 0 Å². The summed E-state index contributed by atoms with van der Waals surface area (Å²) in [4.78, 5) is 15.7. The number of aromatic carboxylic acids is 1. The van der Waals surface area contributed by atoms with Gasteiger partial charge in [-0.25, -0.2) is 9.78 Å². The van der Waals surface area contributed by atoms with Crippen molar-refractivity contribution in [1.82, 2.24) is 9.55 Å². The number of carboxylic acid groups (broad SMARTS) is 1. The summed E-state index contributed by atoms with van der Waals surface area (Å²) in [6.07, 6.45) is 1.61. The molecule has 2 heterocycles. The van der Waals surface area contributed by atoms with Crippen LogP contribution in [0.2, 0.25) is 0 Å². The number of fused-ring (bicyclic) bond motifs is 2. The van der Waals surface area contributed by atoms with Crippen molar-refractivity contribution in [3.63, 3.8) is 0 Å². The van der Waals surface area contributed by atoms with E-state index in [0.29, 0.717) is 22.5 Å². The van der Waals surface area contributed by atoms with Crippen molar-refractivity contribution in [2.24, 2.45) is 0 Å². The molecule has 0 amide bonds. The number of para-hydroxylation sites is 1. The fraction of sp³-hybridized carbons (Fsp3) is 0.0667. The van der Waals surface area contributed by atoms with Crippen LogP contribution in [0.25, 0.3) is 16.7 Å². The van der Waals surface area contributed by atoms with Gasteiger partial charge in [-0.05, 0) is 24.3 Å². The number of benzene rings is 2. The minimum absolute atomic E-state index is 0.198. The Hall–Kier alpha value is -3.02. The first-order valence-corrected chi connectivity index (χ1v) is 6.33. The van der Waals surface area contributed by atoms with Crippen LogP contribution in [0.1, 0.15) is 10.4 Å². The number of nitrogens with zero attached hydrogens (tertiary/aromatic N) is 2. The topological polar surface area (TPSA) is 73.6 Å². The zero-order valence-electron chi connectivity index (χ0n) is 10.8. The smallest absolute Gasteiger partial charge is 0.337 e. The number of rotatable bonds is 2. The molecule has 6 nitrogen and oxygen atoms in total. The average molecular weight is 282 g/mol. The molecule has 1 aliphatic rings. The Morgan fingerprint density at radius 2 is 2.05 bits per heavy atom. The van der Waals surface area contributed by atoms with Crippen LogP contribution < -0.4 is 9.47 Å². The van der Waals surface area contributed by atoms with Crippen LogP contribution in [0.15, 0.2) is 42.7 Å². The molecule has 1 aromatic heterocycles. The number of aromatic nitrogens is 2. The first-order chi connectivity index (χ1) is 10.2. The van der Waals surface area contributed by atoms with Crippen LogP contribution in [0.4, 0.5) is 0 Å². The van der Waals surface area contributed by atoms with Crippen molar-refractivity contribution in [2.45, 2.75) is 0 Å². The fourth-order valence-corrected chi connectivity index (χ4v) is 2.47. The maximum absolute atomic E-state index is 11.4. The summed E-state index contributed by atoms with van der Waals surface area (Å²) in [6.45, 7) is 0.198. The molecule has 0 bridgehead atoms. The Morgan fingerprint density at radius 3 is 2.90 bits per heavy atom. The second-order valence-corrected chi connectivity index (χ2v) is 4.63. The second kappa shape index (κ2) is 4.24. The molecule has 3 aromatic rings. The standard InChI is InChI=1S/C15H10N2O4/c18-15(19)10-2-1-3-11-14(10)17(7-16-11)9-4-5-12-13(6-9)21-8-20-12/h1-7H,8H2,(H,18,19). The van der Waals surface area contributed by atoms with Gasteiger partial charge in [0.1, 0.15) is 6.33 Å². The molecule has 1 aliphatic heterocycles. The average Bonchev–Trinajstić information content (AvgIpc) is 3.12. The molecule has 1 N–H and O–H groups in total. The van der Waals surface area contributed by atoms with Crippen LogP contribution >= 0.6 is 0 Å². The summed E-state index contributed by atoms with van der Waals surface area (Å²) in [7, 11) is 0. The van der Waals surface area contributed by atoms with Gasteiger partial charge in [0.15, 0.2) is 11.5 Å². The predicted molar refractivity (Wildman–Crippen MR) is 74.2 cm³/mol. The van der Waals surface area contributed by atoms with E-state index >= 15 is 0 Å². The molecule has 0 aliphatic carbocycles. The van der Waals surface area contributed by atoms with Gasteiger partial charge >= 0.3 is 5.97 Å². The van der Waals surface area contributed by atoms with E-state index in [1.807, 2.05) is 12.1 Å². The van der Waals surface area contributed by atoms with Crippen molar-refractivity contribution in [3.8, 4) is 17.2 Å². The van der Waals surface area contributed by atoms with E-state index in [2.05, 4.69) is 4.98 Å². The molecule has 0 unspecified atom stereocenters. The number of carbonyl (C=O) groups is 1. The van der Waals surface area contributed by atoms with Gasteiger partial charge in [-0.15, -0.1) is 0 Å². The monoisotopic (exact) mass is 282 g/mol. The van der Waals surface area contributed by atoms with Gasteiger partial charge in [-0.2, -0.15) is 0 Å². The molecule has 0 fully saturated rings. The molecule has 104 valence electrons. The molecule has 0 radical (unpaired) electrons. The van der Waals surface area contributed by atoms with Crippen molar-refractivity contribution >= 4 is 17.0 Å². The minimum atomic E-state index is -0.983. The molecular formula is C15H10N2O4. The Labute approximate surface area is 119 Å². The van der Waals surface area contributed by atoms with Gasteiger partial charge in [0, 0.05) is 6.07 Å². The van der Waals surface area contributed by atoms with E-state index in [0.717, 1.165) is 5.69 Å². The Morgan fingerprint density at radius 1 is 1.19 bits per heavy atom. The summed E-state index contributed by atoms with van der Waals surface area (Å²) >= 11 is 0. The number of hydrogen-bond donors (Lipinski definition) is 1. The normalized spacial score (nSPS) is 12.8. The molecule has 21 heavy (non-hydrogen) atoms. The van der Waals surface area contributed by atoms with Crippen LogP contribution in [0.5, 0.6) is 11.5 Å². The molecular weight excluding hydrogens is 272 g/mol. The highest BCUT2D eigenvalue weighted by Gasteiger charge is 2.17. The van der Waals surface area contributed by atoms with Crippen LogP contribution in [-0.4, -0.2) is 27.4 Å². The Kier molecular flexibility index (Phi) is 2.38. The number of hydrogen-bond acceptors (Lipinski definition) is 4. The van der Waals surface area contributed by atoms with Gasteiger partial charge < -0.3 is 14.6 Å². The number of carboxylic acids is 1. The molecule has 0 atom stereocenters. The highest BCUT2D eigenvalue weighted by molar-refractivity contribution is 6.01. The third kappa shape index (κ3) is 1.73. The third-order valence-corrected chi connectivity index (χ3v) is 3.43. The highest BCUT2D eigenvalue weighted by atomic mass is 16.7. The van der Waals surface area contributed by atoms with Gasteiger partial charge in [0.25, 0.3) is 0 Å². The largest absolute Gasteiger partial charge is 0.478 e. The van der Waals surface area contributed by atoms with E-state index < -0.39 is 5.97 Å². The van der Waals surface area contributed by atoms with Gasteiger partial charge in [0.2, 0.25) is 6.79 Å². The lowest BCUT2D eigenvalue weighted by Gasteiger charge is -2.07. The van der Waals surface area contributed by atoms with E-state index in [4.69, 9.17) is 9.47 Å². The molecule has 2 aromatic carbocycles. The molecule has 6 heteroatoms. The van der Waals surface area contributed by atoms with E-state index in [9.17, 15) is 9.90 Å². The lowest BCUT2D eigenvalue weighted by Crippen LogP contribution is -2.01. The summed E-state index contributed by atoms with van der Waals surface area (Å²) in [6, 6.07) is 10.5. The van der Waals surface area contributed by atoms with E-state index in [-0.39, 0.29) is 12.4 Å². The maximum Gasteiger partial charge on any atom is 0.337 e. The Bertz CT molecular complexity index is 869. The molecule has 0 saturated heterocycles. The van der Waals surface area contributed by atoms with Crippen molar-refractivity contribution in [2.75, 3.05) is 6.79 Å². The van der Waals surface area contributed by atoms with Crippen LogP contribution in [0.3, 0.4) is 0 Å². The zero-order valence-corrected chi connectivity index (χ0v) is 10.8. The fourth-order valence-electron chi connectivity index (χ4n) is 2.47.